The van der Waals surface area contributed by atoms with Gasteiger partial charge in [-0.1, -0.05) is 5.21 Å². The molecule has 2 rings (SSSR count). The number of rotatable bonds is 2. The molecular weight excluding hydrogens is 184 g/mol. The van der Waals surface area contributed by atoms with Crippen molar-refractivity contribution in [3.63, 3.8) is 0 Å². The van der Waals surface area contributed by atoms with Gasteiger partial charge in [0.15, 0.2) is 5.82 Å². The summed E-state index contributed by atoms with van der Waals surface area (Å²) in [5, 5.41) is 16.1. The van der Waals surface area contributed by atoms with Gasteiger partial charge in [0.1, 0.15) is 0 Å². The first-order valence-corrected chi connectivity index (χ1v) is 3.96. The van der Waals surface area contributed by atoms with Crippen LogP contribution in [0.4, 0.5) is 0 Å². The Labute approximate surface area is 79.4 Å². The summed E-state index contributed by atoms with van der Waals surface area (Å²) in [6, 6.07) is 3.61. The van der Waals surface area contributed by atoms with Gasteiger partial charge in [0.2, 0.25) is 5.69 Å². The van der Waals surface area contributed by atoms with E-state index in [0.717, 1.165) is 0 Å². The van der Waals surface area contributed by atoms with Crippen LogP contribution in [0.25, 0.3) is 5.82 Å². The Morgan fingerprint density at radius 1 is 1.43 bits per heavy atom. The molecule has 0 saturated carbocycles. The van der Waals surface area contributed by atoms with Gasteiger partial charge < -0.3 is 9.67 Å². The van der Waals surface area contributed by atoms with E-state index in [0.29, 0.717) is 5.82 Å². The lowest BCUT2D eigenvalue weighted by molar-refractivity contribution is 0.0690. The molecule has 2 aromatic heterocycles. The summed E-state index contributed by atoms with van der Waals surface area (Å²) in [6.07, 6.45) is 3.48. The molecule has 0 bridgehead atoms. The van der Waals surface area contributed by atoms with E-state index in [1.807, 2.05) is 0 Å². The van der Waals surface area contributed by atoms with E-state index in [-0.39, 0.29) is 5.69 Å². The van der Waals surface area contributed by atoms with E-state index in [2.05, 4.69) is 10.3 Å². The highest BCUT2D eigenvalue weighted by Crippen LogP contribution is 2.10. The van der Waals surface area contributed by atoms with Crippen LogP contribution in [-0.2, 0) is 7.05 Å². The third kappa shape index (κ3) is 1.17. The van der Waals surface area contributed by atoms with Crippen molar-refractivity contribution >= 4 is 5.97 Å². The van der Waals surface area contributed by atoms with Gasteiger partial charge in [0, 0.05) is 19.4 Å². The average molecular weight is 192 g/mol. The summed E-state index contributed by atoms with van der Waals surface area (Å²) in [4.78, 5) is 10.8. The lowest BCUT2D eigenvalue weighted by Crippen LogP contribution is -2.06. The highest BCUT2D eigenvalue weighted by atomic mass is 16.4. The molecule has 0 aliphatic heterocycles. The molecule has 0 aliphatic rings. The van der Waals surface area contributed by atoms with E-state index < -0.39 is 5.97 Å². The van der Waals surface area contributed by atoms with Crippen molar-refractivity contribution in [3.8, 4) is 5.82 Å². The van der Waals surface area contributed by atoms with Crippen LogP contribution < -0.4 is 0 Å². The number of nitrogens with zero attached hydrogens (tertiary/aromatic N) is 4. The molecule has 0 unspecified atom stereocenters. The van der Waals surface area contributed by atoms with Crippen molar-refractivity contribution in [2.45, 2.75) is 0 Å². The Morgan fingerprint density at radius 3 is 2.64 bits per heavy atom. The van der Waals surface area contributed by atoms with Crippen LogP contribution in [0.1, 0.15) is 10.5 Å². The normalized spacial score (nSPS) is 10.4. The molecule has 0 atom stereocenters. The number of aromatic nitrogens is 4. The van der Waals surface area contributed by atoms with Crippen molar-refractivity contribution in [2.75, 3.05) is 0 Å². The van der Waals surface area contributed by atoms with E-state index in [4.69, 9.17) is 5.11 Å². The number of hydrogen-bond donors (Lipinski definition) is 1. The fourth-order valence-electron chi connectivity index (χ4n) is 1.26. The average Bonchev–Trinajstić information content (AvgIpc) is 2.71. The smallest absolute Gasteiger partial charge is 0.360 e. The van der Waals surface area contributed by atoms with Crippen LogP contribution in [0.15, 0.2) is 24.5 Å². The Morgan fingerprint density at radius 2 is 2.07 bits per heavy atom. The largest absolute Gasteiger partial charge is 0.476 e. The fourth-order valence-corrected chi connectivity index (χ4v) is 1.26. The zero-order valence-corrected chi connectivity index (χ0v) is 7.45. The van der Waals surface area contributed by atoms with Crippen LogP contribution in [0.3, 0.4) is 0 Å². The third-order valence-corrected chi connectivity index (χ3v) is 1.85. The second kappa shape index (κ2) is 2.99. The maximum atomic E-state index is 10.8. The molecule has 0 saturated heterocycles. The van der Waals surface area contributed by atoms with Gasteiger partial charge in [-0.05, 0) is 12.1 Å². The molecule has 14 heavy (non-hydrogen) atoms. The third-order valence-electron chi connectivity index (χ3n) is 1.85. The van der Waals surface area contributed by atoms with Crippen LogP contribution >= 0.6 is 0 Å². The standard InChI is InChI=1S/C8H8N4O2/c1-11-7(12-4-2-3-5-12)6(8(13)14)9-10-11/h2-5H,1H3,(H,13,14). The van der Waals surface area contributed by atoms with E-state index in [1.165, 1.54) is 4.68 Å². The monoisotopic (exact) mass is 192 g/mol. The first kappa shape index (κ1) is 8.49. The highest BCUT2D eigenvalue weighted by Gasteiger charge is 2.17. The summed E-state index contributed by atoms with van der Waals surface area (Å²) in [6.45, 7) is 0. The molecule has 0 aromatic carbocycles. The molecule has 2 aromatic rings. The zero-order valence-electron chi connectivity index (χ0n) is 7.45. The molecule has 0 fully saturated rings. The number of aryl methyl sites for hydroxylation is 1. The first-order valence-electron chi connectivity index (χ1n) is 3.96. The minimum atomic E-state index is -1.08. The van der Waals surface area contributed by atoms with Crippen molar-refractivity contribution < 1.29 is 9.90 Å². The minimum Gasteiger partial charge on any atom is -0.476 e. The number of aromatic carboxylic acids is 1. The summed E-state index contributed by atoms with van der Waals surface area (Å²) in [5.74, 6) is -0.635. The maximum Gasteiger partial charge on any atom is 0.360 e. The summed E-state index contributed by atoms with van der Waals surface area (Å²) in [5.41, 5.74) is -0.0521. The molecule has 0 radical (unpaired) electrons. The van der Waals surface area contributed by atoms with Crippen molar-refractivity contribution in [1.82, 2.24) is 19.6 Å². The van der Waals surface area contributed by atoms with Gasteiger partial charge in [-0.15, -0.1) is 5.10 Å². The van der Waals surface area contributed by atoms with Crippen LogP contribution in [0, 0.1) is 0 Å². The van der Waals surface area contributed by atoms with Gasteiger partial charge in [-0.2, -0.15) is 0 Å². The van der Waals surface area contributed by atoms with Crippen molar-refractivity contribution in [2.24, 2.45) is 7.05 Å². The Balaban J connectivity index is 2.62. The fraction of sp³-hybridized carbons (Fsp3) is 0.125. The number of hydrogen-bond acceptors (Lipinski definition) is 3. The van der Waals surface area contributed by atoms with Crippen LogP contribution in [0.2, 0.25) is 0 Å². The van der Waals surface area contributed by atoms with Crippen molar-refractivity contribution in [3.05, 3.63) is 30.2 Å². The topological polar surface area (TPSA) is 72.9 Å². The molecule has 1 N–H and O–H groups in total. The summed E-state index contributed by atoms with van der Waals surface area (Å²) >= 11 is 0. The predicted molar refractivity (Wildman–Crippen MR) is 47.3 cm³/mol. The van der Waals surface area contributed by atoms with Crippen LogP contribution in [0.5, 0.6) is 0 Å². The second-order valence-corrected chi connectivity index (χ2v) is 2.78. The van der Waals surface area contributed by atoms with E-state index >= 15 is 0 Å². The molecule has 0 spiro atoms. The van der Waals surface area contributed by atoms with Gasteiger partial charge in [0.05, 0.1) is 0 Å². The maximum absolute atomic E-state index is 10.8. The molecule has 0 amide bonds. The second-order valence-electron chi connectivity index (χ2n) is 2.78. The van der Waals surface area contributed by atoms with E-state index in [1.54, 1.807) is 36.1 Å². The summed E-state index contributed by atoms with van der Waals surface area (Å²) < 4.78 is 3.08. The number of carboxylic acid groups (broad SMARTS) is 1. The minimum absolute atomic E-state index is 0.0521. The highest BCUT2D eigenvalue weighted by molar-refractivity contribution is 5.88. The Bertz CT molecular complexity index is 458. The molecule has 0 aliphatic carbocycles. The Kier molecular flexibility index (Phi) is 1.81. The van der Waals surface area contributed by atoms with Gasteiger partial charge in [-0.25, -0.2) is 9.48 Å². The lowest BCUT2D eigenvalue weighted by Gasteiger charge is -2.02. The Hall–Kier alpha value is -2.11. The molecule has 6 heteroatoms. The number of carbonyl (C=O) groups is 1. The van der Waals surface area contributed by atoms with Gasteiger partial charge >= 0.3 is 5.97 Å². The van der Waals surface area contributed by atoms with E-state index in [9.17, 15) is 4.79 Å². The first-order chi connectivity index (χ1) is 6.70. The van der Waals surface area contributed by atoms with Crippen LogP contribution in [-0.4, -0.2) is 30.6 Å². The van der Waals surface area contributed by atoms with Crippen molar-refractivity contribution in [1.29, 1.82) is 0 Å². The quantitative estimate of drug-likeness (QED) is 0.742. The zero-order chi connectivity index (χ0) is 10.1. The molecule has 6 nitrogen and oxygen atoms in total. The number of carboxylic acids is 1. The van der Waals surface area contributed by atoms with Gasteiger partial charge in [-0.3, -0.25) is 0 Å². The molecule has 2 heterocycles. The lowest BCUT2D eigenvalue weighted by atomic mass is 10.4. The molecular formula is C8H8N4O2. The SMILES string of the molecule is Cn1nnc(C(=O)O)c1-n1cccc1. The van der Waals surface area contributed by atoms with Gasteiger partial charge in [0.25, 0.3) is 0 Å². The predicted octanol–water partition coefficient (Wildman–Crippen LogP) is 0.304. The summed E-state index contributed by atoms with van der Waals surface area (Å²) in [7, 11) is 1.65. The molecule has 72 valence electrons.